The zero-order chi connectivity index (χ0) is 20.3. The molecule has 1 aromatic heterocycles. The number of hydrogen-bond donors (Lipinski definition) is 2. The topological polar surface area (TPSA) is 101 Å². The highest BCUT2D eigenvalue weighted by atomic mass is 19.1. The normalized spacial score (nSPS) is 10.6. The highest BCUT2D eigenvalue weighted by Crippen LogP contribution is 2.17. The third-order valence-electron chi connectivity index (χ3n) is 4.38. The van der Waals surface area contributed by atoms with Crippen LogP contribution in [0.1, 0.15) is 11.1 Å². The summed E-state index contributed by atoms with van der Waals surface area (Å²) in [6, 6.07) is 14.6. The number of rotatable bonds is 5. The van der Waals surface area contributed by atoms with Gasteiger partial charge in [-0.15, -0.1) is 0 Å². The Bertz CT molecular complexity index is 1110. The number of hydrogen-bond acceptors (Lipinski definition) is 4. The average molecular weight is 382 g/mol. The van der Waals surface area contributed by atoms with Crippen molar-refractivity contribution in [1.29, 1.82) is 0 Å². The summed E-state index contributed by atoms with van der Waals surface area (Å²) < 4.78 is 14.2. The second-order valence-corrected chi connectivity index (χ2v) is 6.32. The predicted molar refractivity (Wildman–Crippen MR) is 105 cm³/mol. The van der Waals surface area contributed by atoms with Gasteiger partial charge in [-0.1, -0.05) is 42.5 Å². The van der Waals surface area contributed by atoms with E-state index in [2.05, 4.69) is 4.98 Å². The van der Waals surface area contributed by atoms with E-state index in [0.717, 1.165) is 10.5 Å². The van der Waals surface area contributed by atoms with E-state index < -0.39 is 23.0 Å². The smallest absolute Gasteiger partial charge is 0.330 e. The predicted octanol–water partition coefficient (Wildman–Crippen LogP) is 1.51. The summed E-state index contributed by atoms with van der Waals surface area (Å²) >= 11 is 0. The molecule has 3 rings (SSSR count). The molecule has 0 radical (unpaired) electrons. The van der Waals surface area contributed by atoms with Crippen LogP contribution in [-0.2, 0) is 17.8 Å². The summed E-state index contributed by atoms with van der Waals surface area (Å²) in [6.07, 6.45) is -0.0481. The van der Waals surface area contributed by atoms with Crippen LogP contribution >= 0.6 is 0 Å². The molecule has 0 bridgehead atoms. The molecule has 0 atom stereocenters. The van der Waals surface area contributed by atoms with Gasteiger partial charge in [0.15, 0.2) is 5.69 Å². The first-order valence-corrected chi connectivity index (χ1v) is 8.54. The number of anilines is 2. The van der Waals surface area contributed by atoms with Crippen LogP contribution in [-0.4, -0.2) is 22.5 Å². The molecule has 0 fully saturated rings. The van der Waals surface area contributed by atoms with E-state index in [-0.39, 0.29) is 24.5 Å². The Morgan fingerprint density at radius 3 is 2.36 bits per heavy atom. The van der Waals surface area contributed by atoms with Crippen molar-refractivity contribution in [2.75, 3.05) is 17.7 Å². The molecule has 0 saturated heterocycles. The monoisotopic (exact) mass is 382 g/mol. The second-order valence-electron chi connectivity index (χ2n) is 6.32. The first-order chi connectivity index (χ1) is 13.4. The Balaban J connectivity index is 1.93. The SMILES string of the molecule is CN(C(=O)Cc1ccc(F)cc1)c1c(N)n(Cc2ccccc2)c(=O)[nH]c1=O. The third-order valence-corrected chi connectivity index (χ3v) is 4.38. The molecule has 0 unspecified atom stereocenters. The quantitative estimate of drug-likeness (QED) is 0.698. The van der Waals surface area contributed by atoms with Crippen LogP contribution in [0.25, 0.3) is 0 Å². The Labute approximate surface area is 159 Å². The van der Waals surface area contributed by atoms with Crippen LogP contribution in [0.4, 0.5) is 15.9 Å². The Kier molecular flexibility index (Phi) is 5.39. The van der Waals surface area contributed by atoms with E-state index >= 15 is 0 Å². The Hall–Kier alpha value is -3.68. The fraction of sp³-hybridized carbons (Fsp3) is 0.150. The summed E-state index contributed by atoms with van der Waals surface area (Å²) in [5, 5.41) is 0. The van der Waals surface area contributed by atoms with Crippen LogP contribution in [0.2, 0.25) is 0 Å². The molecule has 3 N–H and O–H groups in total. The highest BCUT2D eigenvalue weighted by molar-refractivity contribution is 5.96. The molecule has 0 saturated carbocycles. The number of aromatic amines is 1. The number of amides is 1. The minimum atomic E-state index is -0.748. The number of H-pyrrole nitrogens is 1. The van der Waals surface area contributed by atoms with Gasteiger partial charge in [-0.2, -0.15) is 0 Å². The number of benzene rings is 2. The number of nitrogen functional groups attached to an aromatic ring is 1. The molecule has 0 aliphatic heterocycles. The highest BCUT2D eigenvalue weighted by Gasteiger charge is 2.21. The maximum atomic E-state index is 13.0. The van der Waals surface area contributed by atoms with Crippen molar-refractivity contribution in [3.63, 3.8) is 0 Å². The zero-order valence-electron chi connectivity index (χ0n) is 15.2. The van der Waals surface area contributed by atoms with Gasteiger partial charge in [0.1, 0.15) is 11.6 Å². The first kappa shape index (κ1) is 19.1. The number of carbonyl (C=O) groups excluding carboxylic acids is 1. The first-order valence-electron chi connectivity index (χ1n) is 8.54. The van der Waals surface area contributed by atoms with Crippen LogP contribution < -0.4 is 21.9 Å². The lowest BCUT2D eigenvalue weighted by Crippen LogP contribution is -2.39. The van der Waals surface area contributed by atoms with Crippen LogP contribution in [0, 0.1) is 5.82 Å². The van der Waals surface area contributed by atoms with Crippen molar-refractivity contribution in [2.24, 2.45) is 0 Å². The van der Waals surface area contributed by atoms with Crippen LogP contribution in [0.5, 0.6) is 0 Å². The fourth-order valence-corrected chi connectivity index (χ4v) is 2.84. The number of nitrogens with one attached hydrogen (secondary N) is 1. The Morgan fingerprint density at radius 1 is 1.07 bits per heavy atom. The van der Waals surface area contributed by atoms with Gasteiger partial charge >= 0.3 is 5.69 Å². The minimum absolute atomic E-state index is 0.0481. The molecule has 7 nitrogen and oxygen atoms in total. The van der Waals surface area contributed by atoms with E-state index in [1.165, 1.54) is 35.9 Å². The maximum Gasteiger partial charge on any atom is 0.330 e. The molecule has 3 aromatic rings. The van der Waals surface area contributed by atoms with Gasteiger partial charge in [0.25, 0.3) is 5.56 Å². The molecule has 0 aliphatic carbocycles. The molecule has 28 heavy (non-hydrogen) atoms. The van der Waals surface area contributed by atoms with Crippen molar-refractivity contribution >= 4 is 17.4 Å². The van der Waals surface area contributed by atoms with Crippen molar-refractivity contribution in [3.05, 3.63) is 92.4 Å². The van der Waals surface area contributed by atoms with Gasteiger partial charge in [-0.05, 0) is 23.3 Å². The van der Waals surface area contributed by atoms with Crippen LogP contribution in [0.3, 0.4) is 0 Å². The molecule has 1 amide bonds. The summed E-state index contributed by atoms with van der Waals surface area (Å²) in [5.74, 6) is -0.931. The van der Waals surface area contributed by atoms with Crippen molar-refractivity contribution in [3.8, 4) is 0 Å². The van der Waals surface area contributed by atoms with E-state index in [4.69, 9.17) is 5.73 Å². The molecule has 1 heterocycles. The lowest BCUT2D eigenvalue weighted by Gasteiger charge is -2.20. The van der Waals surface area contributed by atoms with Gasteiger partial charge in [-0.25, -0.2) is 9.18 Å². The molecule has 2 aromatic carbocycles. The fourth-order valence-electron chi connectivity index (χ4n) is 2.84. The zero-order valence-corrected chi connectivity index (χ0v) is 15.2. The third kappa shape index (κ3) is 4.01. The van der Waals surface area contributed by atoms with Gasteiger partial charge in [0.2, 0.25) is 5.91 Å². The number of likely N-dealkylation sites (N-methyl/N-ethyl adjacent to an activating group) is 1. The van der Waals surface area contributed by atoms with E-state index in [1.807, 2.05) is 30.3 Å². The Morgan fingerprint density at radius 2 is 1.71 bits per heavy atom. The molecular formula is C20H19FN4O3. The van der Waals surface area contributed by atoms with Gasteiger partial charge < -0.3 is 10.6 Å². The van der Waals surface area contributed by atoms with Gasteiger partial charge in [0, 0.05) is 7.05 Å². The van der Waals surface area contributed by atoms with Crippen molar-refractivity contribution < 1.29 is 9.18 Å². The number of nitrogens with zero attached hydrogens (tertiary/aromatic N) is 2. The van der Waals surface area contributed by atoms with Crippen molar-refractivity contribution in [2.45, 2.75) is 13.0 Å². The lowest BCUT2D eigenvalue weighted by atomic mass is 10.1. The number of aromatic nitrogens is 2. The summed E-state index contributed by atoms with van der Waals surface area (Å²) in [6.45, 7) is 0.148. The number of nitrogens with two attached hydrogens (primary N) is 1. The molecular weight excluding hydrogens is 363 g/mol. The van der Waals surface area contributed by atoms with E-state index in [0.29, 0.717) is 5.56 Å². The standard InChI is InChI=1S/C20H19FN4O3/c1-24(16(26)11-13-7-9-15(21)10-8-13)17-18(22)25(20(28)23-19(17)27)12-14-5-3-2-4-6-14/h2-10H,11-12,22H2,1H3,(H,23,27,28). The number of carbonyl (C=O) groups is 1. The van der Waals surface area contributed by atoms with Crippen molar-refractivity contribution in [1.82, 2.24) is 9.55 Å². The average Bonchev–Trinajstić information content (AvgIpc) is 2.67. The summed E-state index contributed by atoms with van der Waals surface area (Å²) in [7, 11) is 1.41. The van der Waals surface area contributed by atoms with E-state index in [1.54, 1.807) is 0 Å². The largest absolute Gasteiger partial charge is 0.383 e. The van der Waals surface area contributed by atoms with E-state index in [9.17, 15) is 18.8 Å². The van der Waals surface area contributed by atoms with Gasteiger partial charge in [0.05, 0.1) is 13.0 Å². The second kappa shape index (κ2) is 7.91. The molecule has 144 valence electrons. The lowest BCUT2D eigenvalue weighted by molar-refractivity contribution is -0.117. The molecule has 0 aliphatic rings. The van der Waals surface area contributed by atoms with Crippen LogP contribution in [0.15, 0.2) is 64.2 Å². The van der Waals surface area contributed by atoms with Gasteiger partial charge in [-0.3, -0.25) is 19.1 Å². The number of halogens is 1. The molecule has 8 heteroatoms. The summed E-state index contributed by atoms with van der Waals surface area (Å²) in [5.41, 5.74) is 5.97. The maximum absolute atomic E-state index is 13.0. The minimum Gasteiger partial charge on any atom is -0.383 e. The molecule has 0 spiro atoms. The summed E-state index contributed by atoms with van der Waals surface area (Å²) in [4.78, 5) is 40.4.